The van der Waals surface area contributed by atoms with Gasteiger partial charge in [0.15, 0.2) is 0 Å². The Morgan fingerprint density at radius 1 is 1.53 bits per heavy atom. The Morgan fingerprint density at radius 2 is 2.27 bits per heavy atom. The molecule has 0 bridgehead atoms. The van der Waals surface area contributed by atoms with Crippen molar-refractivity contribution in [3.8, 4) is 0 Å². The van der Waals surface area contributed by atoms with Crippen LogP contribution in [-0.2, 0) is 9.53 Å². The molecular weight excluding hydrogens is 212 g/mol. The van der Waals surface area contributed by atoms with Crippen molar-refractivity contribution in [3.05, 3.63) is 40.4 Å². The molecule has 80 valence electrons. The first-order valence-corrected chi connectivity index (χ1v) is 5.13. The quantitative estimate of drug-likeness (QED) is 0.582. The van der Waals surface area contributed by atoms with Crippen LogP contribution in [0.5, 0.6) is 0 Å². The number of carbonyl (C=O) groups excluding carboxylic acids is 1. The molecule has 2 nitrogen and oxygen atoms in total. The Labute approximate surface area is 94.5 Å². The summed E-state index contributed by atoms with van der Waals surface area (Å²) >= 11 is 5.99. The highest BCUT2D eigenvalue weighted by molar-refractivity contribution is 6.32. The largest absolute Gasteiger partial charge is 0.463 e. The second-order valence-corrected chi connectivity index (χ2v) is 3.46. The molecule has 0 amide bonds. The number of hydrogen-bond acceptors (Lipinski definition) is 2. The summed E-state index contributed by atoms with van der Waals surface area (Å²) in [6.45, 7) is 4.09. The Morgan fingerprint density at radius 3 is 2.87 bits per heavy atom. The van der Waals surface area contributed by atoms with Gasteiger partial charge in [-0.2, -0.15) is 0 Å². The van der Waals surface area contributed by atoms with E-state index in [-0.39, 0.29) is 5.97 Å². The zero-order valence-electron chi connectivity index (χ0n) is 8.79. The first-order chi connectivity index (χ1) is 7.15. The molecule has 0 unspecified atom stereocenters. The monoisotopic (exact) mass is 224 g/mol. The summed E-state index contributed by atoms with van der Waals surface area (Å²) in [6, 6.07) is 5.61. The van der Waals surface area contributed by atoms with E-state index in [0.29, 0.717) is 11.6 Å². The van der Waals surface area contributed by atoms with Crippen LogP contribution in [0.3, 0.4) is 0 Å². The van der Waals surface area contributed by atoms with Gasteiger partial charge in [0.1, 0.15) is 0 Å². The smallest absolute Gasteiger partial charge is 0.330 e. The third-order valence-corrected chi connectivity index (χ3v) is 2.27. The highest BCUT2D eigenvalue weighted by Crippen LogP contribution is 2.20. The first kappa shape index (κ1) is 11.8. The van der Waals surface area contributed by atoms with Crippen molar-refractivity contribution in [3.63, 3.8) is 0 Å². The zero-order valence-corrected chi connectivity index (χ0v) is 9.54. The van der Waals surface area contributed by atoms with Crippen molar-refractivity contribution in [1.29, 1.82) is 0 Å². The van der Waals surface area contributed by atoms with Crippen LogP contribution in [0.1, 0.15) is 18.1 Å². The molecule has 0 saturated heterocycles. The zero-order chi connectivity index (χ0) is 11.3. The predicted molar refractivity (Wildman–Crippen MR) is 61.9 cm³/mol. The lowest BCUT2D eigenvalue weighted by atomic mass is 10.1. The number of hydrogen-bond donors (Lipinski definition) is 0. The predicted octanol–water partition coefficient (Wildman–Crippen LogP) is 3.22. The summed E-state index contributed by atoms with van der Waals surface area (Å²) in [5, 5.41) is 0.635. The van der Waals surface area contributed by atoms with Crippen molar-refractivity contribution >= 4 is 23.6 Å². The second-order valence-electron chi connectivity index (χ2n) is 3.06. The average Bonchev–Trinajstić information content (AvgIpc) is 2.17. The van der Waals surface area contributed by atoms with Crippen LogP contribution < -0.4 is 0 Å². The summed E-state index contributed by atoms with van der Waals surface area (Å²) in [5.41, 5.74) is 1.88. The van der Waals surface area contributed by atoms with E-state index in [1.165, 1.54) is 6.08 Å². The van der Waals surface area contributed by atoms with E-state index in [9.17, 15) is 4.79 Å². The van der Waals surface area contributed by atoms with Crippen LogP contribution in [0, 0.1) is 6.92 Å². The van der Waals surface area contributed by atoms with Gasteiger partial charge in [-0.3, -0.25) is 0 Å². The first-order valence-electron chi connectivity index (χ1n) is 4.75. The molecular formula is C12H13ClO2. The molecule has 0 N–H and O–H groups in total. The van der Waals surface area contributed by atoms with Crippen molar-refractivity contribution < 1.29 is 9.53 Å². The maximum absolute atomic E-state index is 11.1. The maximum Gasteiger partial charge on any atom is 0.330 e. The third-order valence-electron chi connectivity index (χ3n) is 1.94. The van der Waals surface area contributed by atoms with Gasteiger partial charge in [0.05, 0.1) is 6.61 Å². The van der Waals surface area contributed by atoms with Crippen LogP contribution in [0.15, 0.2) is 24.3 Å². The Kier molecular flexibility index (Phi) is 4.37. The molecule has 1 aromatic carbocycles. The lowest BCUT2D eigenvalue weighted by Gasteiger charge is -2.02. The standard InChI is InChI=1S/C12H13ClO2/c1-3-15-12(14)8-7-10-9(2)5-4-6-11(10)13/h4-8H,3H2,1-2H3/b8-7+. The van der Waals surface area contributed by atoms with Gasteiger partial charge >= 0.3 is 5.97 Å². The van der Waals surface area contributed by atoms with Crippen molar-refractivity contribution in [2.75, 3.05) is 6.61 Å². The minimum absolute atomic E-state index is 0.350. The van der Waals surface area contributed by atoms with E-state index in [1.807, 2.05) is 19.1 Å². The van der Waals surface area contributed by atoms with Crippen molar-refractivity contribution in [1.82, 2.24) is 0 Å². The Bertz CT molecular complexity index is 363. The molecule has 0 fully saturated rings. The molecule has 0 spiro atoms. The van der Waals surface area contributed by atoms with E-state index >= 15 is 0 Å². The molecule has 1 aromatic rings. The van der Waals surface area contributed by atoms with Crippen LogP contribution in [0.4, 0.5) is 0 Å². The molecule has 0 aliphatic heterocycles. The highest BCUT2D eigenvalue weighted by atomic mass is 35.5. The molecule has 15 heavy (non-hydrogen) atoms. The SMILES string of the molecule is CCOC(=O)/C=C/c1c(C)cccc1Cl. The van der Waals surface area contributed by atoms with Crippen LogP contribution in [0.25, 0.3) is 6.08 Å². The summed E-state index contributed by atoms with van der Waals surface area (Å²) in [5.74, 6) is -0.350. The van der Waals surface area contributed by atoms with Crippen LogP contribution >= 0.6 is 11.6 Å². The van der Waals surface area contributed by atoms with Crippen LogP contribution in [-0.4, -0.2) is 12.6 Å². The van der Waals surface area contributed by atoms with E-state index in [0.717, 1.165) is 11.1 Å². The number of carbonyl (C=O) groups is 1. The number of rotatable bonds is 3. The number of benzene rings is 1. The fourth-order valence-corrected chi connectivity index (χ4v) is 1.48. The molecule has 0 atom stereocenters. The highest BCUT2D eigenvalue weighted by Gasteiger charge is 2.00. The second kappa shape index (κ2) is 5.56. The topological polar surface area (TPSA) is 26.3 Å². The summed E-state index contributed by atoms with van der Waals surface area (Å²) in [4.78, 5) is 11.1. The molecule has 0 radical (unpaired) electrons. The minimum Gasteiger partial charge on any atom is -0.463 e. The van der Waals surface area contributed by atoms with E-state index in [4.69, 9.17) is 16.3 Å². The Balaban J connectivity index is 2.84. The maximum atomic E-state index is 11.1. The Hall–Kier alpha value is -1.28. The normalized spacial score (nSPS) is 10.6. The van der Waals surface area contributed by atoms with Gasteiger partial charge < -0.3 is 4.74 Å². The van der Waals surface area contributed by atoms with Crippen LogP contribution in [0.2, 0.25) is 5.02 Å². The van der Waals surface area contributed by atoms with Gasteiger partial charge in [-0.05, 0) is 37.1 Å². The molecule has 0 aromatic heterocycles. The average molecular weight is 225 g/mol. The molecule has 0 heterocycles. The number of aryl methyl sites for hydroxylation is 1. The van der Waals surface area contributed by atoms with E-state index in [2.05, 4.69) is 0 Å². The number of esters is 1. The van der Waals surface area contributed by atoms with E-state index < -0.39 is 0 Å². The van der Waals surface area contributed by atoms with Crippen molar-refractivity contribution in [2.24, 2.45) is 0 Å². The van der Waals surface area contributed by atoms with Gasteiger partial charge in [0.2, 0.25) is 0 Å². The molecule has 3 heteroatoms. The van der Waals surface area contributed by atoms with Gasteiger partial charge in [-0.1, -0.05) is 23.7 Å². The van der Waals surface area contributed by atoms with Gasteiger partial charge in [-0.15, -0.1) is 0 Å². The molecule has 0 aliphatic rings. The molecule has 0 saturated carbocycles. The third kappa shape index (κ3) is 3.40. The molecule has 1 rings (SSSR count). The number of halogens is 1. The summed E-state index contributed by atoms with van der Waals surface area (Å²) in [7, 11) is 0. The lowest BCUT2D eigenvalue weighted by Crippen LogP contribution is -1.98. The number of ether oxygens (including phenoxy) is 1. The fraction of sp³-hybridized carbons (Fsp3) is 0.250. The van der Waals surface area contributed by atoms with Gasteiger partial charge in [0.25, 0.3) is 0 Å². The minimum atomic E-state index is -0.350. The van der Waals surface area contributed by atoms with E-state index in [1.54, 1.807) is 19.1 Å². The van der Waals surface area contributed by atoms with Gasteiger partial charge in [0, 0.05) is 11.1 Å². The molecule has 0 aliphatic carbocycles. The summed E-state index contributed by atoms with van der Waals surface area (Å²) in [6.07, 6.45) is 3.06. The van der Waals surface area contributed by atoms with Gasteiger partial charge in [-0.25, -0.2) is 4.79 Å². The lowest BCUT2D eigenvalue weighted by molar-refractivity contribution is -0.137. The fourth-order valence-electron chi connectivity index (χ4n) is 1.20. The van der Waals surface area contributed by atoms with Crippen molar-refractivity contribution in [2.45, 2.75) is 13.8 Å². The summed E-state index contributed by atoms with van der Waals surface area (Å²) < 4.78 is 4.77.